The summed E-state index contributed by atoms with van der Waals surface area (Å²) >= 11 is 1.73. The molecule has 0 aliphatic rings. The highest BCUT2D eigenvalue weighted by Gasteiger charge is 2.16. The second-order valence-electron chi connectivity index (χ2n) is 4.73. The predicted molar refractivity (Wildman–Crippen MR) is 64.2 cm³/mol. The number of likely N-dealkylation sites (N-methyl/N-ethyl adjacent to an activating group) is 1. The summed E-state index contributed by atoms with van der Waals surface area (Å²) in [6.07, 6.45) is 0. The van der Waals surface area contributed by atoms with Gasteiger partial charge in [0.25, 0.3) is 0 Å². The van der Waals surface area contributed by atoms with E-state index in [2.05, 4.69) is 16.8 Å². The van der Waals surface area contributed by atoms with Crippen molar-refractivity contribution in [3.8, 4) is 0 Å². The Morgan fingerprint density at radius 2 is 2.00 bits per heavy atom. The number of rotatable bonds is 4. The highest BCUT2D eigenvalue weighted by molar-refractivity contribution is 7.11. The number of nitrogens with zero attached hydrogens (tertiary/aromatic N) is 2. The summed E-state index contributed by atoms with van der Waals surface area (Å²) in [5.41, 5.74) is 0.475. The molecular weight excluding hydrogens is 208 g/mol. The smallest absolute Gasteiger partial charge is 0.107 e. The van der Waals surface area contributed by atoms with Gasteiger partial charge in [0.05, 0.1) is 17.8 Å². The Morgan fingerprint density at radius 1 is 1.40 bits per heavy atom. The van der Waals surface area contributed by atoms with E-state index >= 15 is 0 Å². The number of aromatic nitrogens is 1. The maximum Gasteiger partial charge on any atom is 0.107 e. The molecule has 0 unspecified atom stereocenters. The van der Waals surface area contributed by atoms with E-state index in [0.29, 0.717) is 6.54 Å². The van der Waals surface area contributed by atoms with Gasteiger partial charge < -0.3 is 5.11 Å². The first-order valence-electron chi connectivity index (χ1n) is 5.12. The van der Waals surface area contributed by atoms with Crippen LogP contribution < -0.4 is 0 Å². The van der Waals surface area contributed by atoms with Crippen molar-refractivity contribution in [2.45, 2.75) is 39.8 Å². The van der Waals surface area contributed by atoms with Crippen molar-refractivity contribution in [2.24, 2.45) is 0 Å². The summed E-state index contributed by atoms with van der Waals surface area (Å²) in [5.74, 6) is 0. The van der Waals surface area contributed by atoms with Crippen LogP contribution in [0.2, 0.25) is 0 Å². The maximum absolute atomic E-state index is 9.67. The van der Waals surface area contributed by atoms with E-state index in [1.165, 1.54) is 4.88 Å². The number of hydrogen-bond acceptors (Lipinski definition) is 4. The van der Waals surface area contributed by atoms with E-state index in [1.807, 2.05) is 27.8 Å². The third-order valence-electron chi connectivity index (χ3n) is 2.13. The van der Waals surface area contributed by atoms with E-state index < -0.39 is 5.60 Å². The maximum atomic E-state index is 9.67. The molecule has 0 aliphatic heterocycles. The SMILES string of the molecule is Cc1nc(CN(C)CC(C)(C)O)sc1C. The van der Waals surface area contributed by atoms with Crippen molar-refractivity contribution in [1.82, 2.24) is 9.88 Å². The Balaban J connectivity index is 2.55. The summed E-state index contributed by atoms with van der Waals surface area (Å²) in [7, 11) is 2.00. The van der Waals surface area contributed by atoms with Gasteiger partial charge in [0, 0.05) is 11.4 Å². The van der Waals surface area contributed by atoms with Crippen LogP contribution in [0, 0.1) is 13.8 Å². The van der Waals surface area contributed by atoms with Gasteiger partial charge in [-0.3, -0.25) is 4.90 Å². The van der Waals surface area contributed by atoms with Crippen LogP contribution in [0.25, 0.3) is 0 Å². The van der Waals surface area contributed by atoms with Crippen LogP contribution in [0.15, 0.2) is 0 Å². The first-order chi connectivity index (χ1) is 6.78. The molecule has 0 spiro atoms. The quantitative estimate of drug-likeness (QED) is 0.856. The van der Waals surface area contributed by atoms with Gasteiger partial charge in [0.15, 0.2) is 0 Å². The van der Waals surface area contributed by atoms with Crippen molar-refractivity contribution >= 4 is 11.3 Å². The van der Waals surface area contributed by atoms with Gasteiger partial charge in [-0.15, -0.1) is 11.3 Å². The van der Waals surface area contributed by atoms with Gasteiger partial charge in [0.1, 0.15) is 5.01 Å². The second-order valence-corrected chi connectivity index (χ2v) is 6.02. The summed E-state index contributed by atoms with van der Waals surface area (Å²) < 4.78 is 0. The second kappa shape index (κ2) is 4.60. The van der Waals surface area contributed by atoms with Gasteiger partial charge >= 0.3 is 0 Å². The number of hydrogen-bond donors (Lipinski definition) is 1. The molecule has 4 heteroatoms. The molecule has 15 heavy (non-hydrogen) atoms. The van der Waals surface area contributed by atoms with Crippen LogP contribution in [0.5, 0.6) is 0 Å². The van der Waals surface area contributed by atoms with Crippen LogP contribution in [0.3, 0.4) is 0 Å². The van der Waals surface area contributed by atoms with Crippen LogP contribution in [0.4, 0.5) is 0 Å². The monoisotopic (exact) mass is 228 g/mol. The van der Waals surface area contributed by atoms with E-state index in [0.717, 1.165) is 17.2 Å². The van der Waals surface area contributed by atoms with Crippen molar-refractivity contribution < 1.29 is 5.11 Å². The molecule has 0 aromatic carbocycles. The molecule has 1 N–H and O–H groups in total. The lowest BCUT2D eigenvalue weighted by atomic mass is 10.1. The van der Waals surface area contributed by atoms with Crippen molar-refractivity contribution in [3.05, 3.63) is 15.6 Å². The van der Waals surface area contributed by atoms with Crippen molar-refractivity contribution in [3.63, 3.8) is 0 Å². The molecule has 0 fully saturated rings. The minimum Gasteiger partial charge on any atom is -0.389 e. The van der Waals surface area contributed by atoms with E-state index in [9.17, 15) is 5.11 Å². The Labute approximate surface area is 95.8 Å². The molecule has 1 aromatic heterocycles. The predicted octanol–water partition coefficient (Wildman–Crippen LogP) is 1.96. The van der Waals surface area contributed by atoms with Crippen molar-refractivity contribution in [1.29, 1.82) is 0 Å². The fourth-order valence-corrected chi connectivity index (χ4v) is 2.57. The summed E-state index contributed by atoms with van der Waals surface area (Å²) in [6, 6.07) is 0. The largest absolute Gasteiger partial charge is 0.389 e. The minimum absolute atomic E-state index is 0.643. The fourth-order valence-electron chi connectivity index (χ4n) is 1.55. The zero-order chi connectivity index (χ0) is 11.6. The van der Waals surface area contributed by atoms with E-state index in [-0.39, 0.29) is 0 Å². The fraction of sp³-hybridized carbons (Fsp3) is 0.727. The standard InChI is InChI=1S/C11H20N2OS/c1-8-9(2)15-10(12-8)6-13(5)7-11(3,4)14/h14H,6-7H2,1-5H3. The highest BCUT2D eigenvalue weighted by atomic mass is 32.1. The zero-order valence-electron chi connectivity index (χ0n) is 10.2. The molecular formula is C11H20N2OS. The lowest BCUT2D eigenvalue weighted by Crippen LogP contribution is -2.35. The average Bonchev–Trinajstić information content (AvgIpc) is 2.26. The molecule has 0 atom stereocenters. The van der Waals surface area contributed by atoms with Crippen LogP contribution in [-0.2, 0) is 6.54 Å². The Bertz CT molecular complexity index is 308. The van der Waals surface area contributed by atoms with E-state index in [4.69, 9.17) is 0 Å². The van der Waals surface area contributed by atoms with Crippen molar-refractivity contribution in [2.75, 3.05) is 13.6 Å². The number of aliphatic hydroxyl groups is 1. The highest BCUT2D eigenvalue weighted by Crippen LogP contribution is 2.18. The molecule has 86 valence electrons. The molecule has 0 saturated carbocycles. The van der Waals surface area contributed by atoms with Gasteiger partial charge in [-0.1, -0.05) is 0 Å². The summed E-state index contributed by atoms with van der Waals surface area (Å²) in [6.45, 7) is 9.23. The topological polar surface area (TPSA) is 36.4 Å². The van der Waals surface area contributed by atoms with Gasteiger partial charge in [0.2, 0.25) is 0 Å². The van der Waals surface area contributed by atoms with Gasteiger partial charge in [-0.05, 0) is 34.7 Å². The third-order valence-corrected chi connectivity index (χ3v) is 3.19. The Kier molecular flexibility index (Phi) is 3.87. The summed E-state index contributed by atoms with van der Waals surface area (Å²) in [4.78, 5) is 7.85. The Morgan fingerprint density at radius 3 is 2.40 bits per heavy atom. The molecule has 1 heterocycles. The number of thiazole rings is 1. The first kappa shape index (κ1) is 12.6. The molecule has 0 radical (unpaired) electrons. The average molecular weight is 228 g/mol. The van der Waals surface area contributed by atoms with Crippen LogP contribution in [0.1, 0.15) is 29.4 Å². The van der Waals surface area contributed by atoms with E-state index in [1.54, 1.807) is 11.3 Å². The Hall–Kier alpha value is -0.450. The molecule has 1 aromatic rings. The summed E-state index contributed by atoms with van der Waals surface area (Å²) in [5, 5.41) is 10.8. The van der Waals surface area contributed by atoms with Crippen LogP contribution in [-0.4, -0.2) is 34.2 Å². The molecule has 0 bridgehead atoms. The normalized spacial score (nSPS) is 12.5. The number of aryl methyl sites for hydroxylation is 2. The molecule has 0 aliphatic carbocycles. The van der Waals surface area contributed by atoms with Crippen LogP contribution >= 0.6 is 11.3 Å². The van der Waals surface area contributed by atoms with Gasteiger partial charge in [-0.25, -0.2) is 4.98 Å². The molecule has 1 rings (SSSR count). The lowest BCUT2D eigenvalue weighted by Gasteiger charge is -2.24. The molecule has 0 saturated heterocycles. The molecule has 3 nitrogen and oxygen atoms in total. The lowest BCUT2D eigenvalue weighted by molar-refractivity contribution is 0.0424. The third kappa shape index (κ3) is 4.28. The minimum atomic E-state index is -0.643. The zero-order valence-corrected chi connectivity index (χ0v) is 11.0. The molecule has 0 amide bonds. The van der Waals surface area contributed by atoms with Gasteiger partial charge in [-0.2, -0.15) is 0 Å². The first-order valence-corrected chi connectivity index (χ1v) is 5.93.